The SMILES string of the molecule is CCc1ccccc1[PH](=O)OC(C)C. The molecule has 0 spiro atoms. The normalized spacial score (nSPS) is 13.1. The van der Waals surface area contributed by atoms with E-state index in [2.05, 4.69) is 6.92 Å². The summed E-state index contributed by atoms with van der Waals surface area (Å²) in [4.78, 5) is 0. The second kappa shape index (κ2) is 5.33. The maximum atomic E-state index is 11.8. The van der Waals surface area contributed by atoms with Gasteiger partial charge in [-0.05, 0) is 31.9 Å². The third kappa shape index (κ3) is 2.97. The highest BCUT2D eigenvalue weighted by atomic mass is 31.1. The minimum absolute atomic E-state index is 0.0197. The average Bonchev–Trinajstić information content (AvgIpc) is 2.16. The van der Waals surface area contributed by atoms with Crippen LogP contribution in [-0.4, -0.2) is 6.10 Å². The summed E-state index contributed by atoms with van der Waals surface area (Å²) in [5, 5.41) is 0.869. The lowest BCUT2D eigenvalue weighted by molar-refractivity contribution is 0.261. The molecule has 1 aromatic carbocycles. The van der Waals surface area contributed by atoms with Crippen LogP contribution in [-0.2, 0) is 15.5 Å². The lowest BCUT2D eigenvalue weighted by Crippen LogP contribution is -2.08. The van der Waals surface area contributed by atoms with E-state index in [1.165, 1.54) is 0 Å². The first-order chi connectivity index (χ1) is 6.65. The summed E-state index contributed by atoms with van der Waals surface area (Å²) in [6.07, 6.45) is 0.917. The minimum Gasteiger partial charge on any atom is -0.325 e. The van der Waals surface area contributed by atoms with Crippen molar-refractivity contribution in [1.82, 2.24) is 0 Å². The second-order valence-corrected chi connectivity index (χ2v) is 4.81. The molecule has 2 nitrogen and oxygen atoms in total. The Kier molecular flexibility index (Phi) is 4.37. The van der Waals surface area contributed by atoms with Crippen LogP contribution in [0.3, 0.4) is 0 Å². The monoisotopic (exact) mass is 212 g/mol. The van der Waals surface area contributed by atoms with E-state index < -0.39 is 8.03 Å². The predicted molar refractivity (Wildman–Crippen MR) is 60.7 cm³/mol. The number of hydrogen-bond acceptors (Lipinski definition) is 2. The molecule has 0 saturated carbocycles. The largest absolute Gasteiger partial charge is 0.325 e. The van der Waals surface area contributed by atoms with Crippen molar-refractivity contribution in [2.24, 2.45) is 0 Å². The van der Waals surface area contributed by atoms with E-state index in [1.54, 1.807) is 0 Å². The molecule has 1 rings (SSSR count). The standard InChI is InChI=1S/C11H17O2P/c1-4-10-7-5-6-8-11(10)14(12)13-9(2)3/h5-9,14H,4H2,1-3H3. The molecule has 0 saturated heterocycles. The zero-order valence-electron chi connectivity index (χ0n) is 8.91. The van der Waals surface area contributed by atoms with Gasteiger partial charge in [0.15, 0.2) is 0 Å². The Bertz CT molecular complexity index is 321. The highest BCUT2D eigenvalue weighted by Crippen LogP contribution is 2.25. The van der Waals surface area contributed by atoms with Crippen molar-refractivity contribution in [3.05, 3.63) is 29.8 Å². The summed E-state index contributed by atoms with van der Waals surface area (Å²) >= 11 is 0. The predicted octanol–water partition coefficient (Wildman–Crippen LogP) is 2.77. The number of aryl methyl sites for hydroxylation is 1. The van der Waals surface area contributed by atoms with Gasteiger partial charge in [-0.25, -0.2) is 0 Å². The van der Waals surface area contributed by atoms with Gasteiger partial charge in [0.05, 0.1) is 6.10 Å². The topological polar surface area (TPSA) is 26.3 Å². The molecule has 1 atom stereocenters. The Hall–Kier alpha value is -0.590. The molecule has 14 heavy (non-hydrogen) atoms. The van der Waals surface area contributed by atoms with Gasteiger partial charge in [-0.15, -0.1) is 0 Å². The number of benzene rings is 1. The van der Waals surface area contributed by atoms with Crippen molar-refractivity contribution in [3.63, 3.8) is 0 Å². The van der Waals surface area contributed by atoms with Crippen molar-refractivity contribution in [2.45, 2.75) is 33.3 Å². The van der Waals surface area contributed by atoms with Crippen LogP contribution >= 0.6 is 8.03 Å². The zero-order chi connectivity index (χ0) is 10.6. The van der Waals surface area contributed by atoms with Crippen molar-refractivity contribution >= 4 is 13.3 Å². The maximum absolute atomic E-state index is 11.8. The van der Waals surface area contributed by atoms with Crippen LogP contribution in [0.15, 0.2) is 24.3 Å². The molecule has 0 N–H and O–H groups in total. The van der Waals surface area contributed by atoms with Crippen molar-refractivity contribution in [1.29, 1.82) is 0 Å². The fourth-order valence-electron chi connectivity index (χ4n) is 1.31. The molecule has 0 aliphatic heterocycles. The van der Waals surface area contributed by atoms with E-state index in [1.807, 2.05) is 38.1 Å². The second-order valence-electron chi connectivity index (χ2n) is 3.46. The molecule has 0 radical (unpaired) electrons. The molecule has 3 heteroatoms. The van der Waals surface area contributed by atoms with Gasteiger partial charge in [-0.2, -0.15) is 0 Å². The average molecular weight is 212 g/mol. The molecular weight excluding hydrogens is 195 g/mol. The van der Waals surface area contributed by atoms with Gasteiger partial charge in [0, 0.05) is 5.30 Å². The quantitative estimate of drug-likeness (QED) is 0.717. The Morgan fingerprint density at radius 1 is 1.36 bits per heavy atom. The molecule has 0 aliphatic rings. The minimum atomic E-state index is -2.06. The highest BCUT2D eigenvalue weighted by molar-refractivity contribution is 7.48. The molecule has 1 unspecified atom stereocenters. The molecule has 78 valence electrons. The van der Waals surface area contributed by atoms with Crippen LogP contribution in [0.2, 0.25) is 0 Å². The fraction of sp³-hybridized carbons (Fsp3) is 0.455. The summed E-state index contributed by atoms with van der Waals surface area (Å²) in [5.74, 6) is 0. The molecule has 0 aliphatic carbocycles. The fourth-order valence-corrected chi connectivity index (χ4v) is 2.62. The van der Waals surface area contributed by atoms with E-state index in [0.717, 1.165) is 17.3 Å². The molecule has 1 aromatic rings. The summed E-state index contributed by atoms with van der Waals surface area (Å²) in [6, 6.07) is 7.76. The number of rotatable bonds is 4. The molecule has 0 fully saturated rings. The van der Waals surface area contributed by atoms with Crippen LogP contribution in [0.25, 0.3) is 0 Å². The Balaban J connectivity index is 2.88. The molecular formula is C11H17O2P. The number of hydrogen-bond donors (Lipinski definition) is 0. The van der Waals surface area contributed by atoms with E-state index in [4.69, 9.17) is 4.52 Å². The van der Waals surface area contributed by atoms with Gasteiger partial charge < -0.3 is 4.52 Å². The van der Waals surface area contributed by atoms with Crippen LogP contribution < -0.4 is 5.30 Å². The molecule has 0 heterocycles. The first kappa shape index (κ1) is 11.5. The first-order valence-electron chi connectivity index (χ1n) is 4.94. The highest BCUT2D eigenvalue weighted by Gasteiger charge is 2.09. The van der Waals surface area contributed by atoms with E-state index in [0.29, 0.717) is 0 Å². The Labute approximate surface area is 86.2 Å². The maximum Gasteiger partial charge on any atom is 0.221 e. The summed E-state index contributed by atoms with van der Waals surface area (Å²) in [5.41, 5.74) is 1.12. The van der Waals surface area contributed by atoms with E-state index in [9.17, 15) is 4.57 Å². The van der Waals surface area contributed by atoms with Crippen LogP contribution in [0.4, 0.5) is 0 Å². The summed E-state index contributed by atoms with van der Waals surface area (Å²) in [6.45, 7) is 5.86. The first-order valence-corrected chi connectivity index (χ1v) is 6.25. The van der Waals surface area contributed by atoms with E-state index in [-0.39, 0.29) is 6.10 Å². The lowest BCUT2D eigenvalue weighted by atomic mass is 10.2. The van der Waals surface area contributed by atoms with Crippen molar-refractivity contribution < 1.29 is 9.09 Å². The van der Waals surface area contributed by atoms with Crippen LogP contribution in [0, 0.1) is 0 Å². The van der Waals surface area contributed by atoms with Gasteiger partial charge in [0.25, 0.3) is 0 Å². The van der Waals surface area contributed by atoms with Crippen LogP contribution in [0.5, 0.6) is 0 Å². The lowest BCUT2D eigenvalue weighted by Gasteiger charge is -2.10. The summed E-state index contributed by atoms with van der Waals surface area (Å²) < 4.78 is 17.1. The molecule has 0 aromatic heterocycles. The molecule has 0 amide bonds. The van der Waals surface area contributed by atoms with Gasteiger partial charge in [0.1, 0.15) is 0 Å². The van der Waals surface area contributed by atoms with Gasteiger partial charge in [-0.3, -0.25) is 4.57 Å². The van der Waals surface area contributed by atoms with Crippen LogP contribution in [0.1, 0.15) is 26.3 Å². The Morgan fingerprint density at radius 2 is 2.00 bits per heavy atom. The van der Waals surface area contributed by atoms with E-state index >= 15 is 0 Å². The molecule has 0 bridgehead atoms. The smallest absolute Gasteiger partial charge is 0.221 e. The van der Waals surface area contributed by atoms with Crippen molar-refractivity contribution in [2.75, 3.05) is 0 Å². The third-order valence-corrected chi connectivity index (χ3v) is 3.57. The van der Waals surface area contributed by atoms with Gasteiger partial charge >= 0.3 is 0 Å². The van der Waals surface area contributed by atoms with Gasteiger partial charge in [0.2, 0.25) is 8.03 Å². The Morgan fingerprint density at radius 3 is 2.57 bits per heavy atom. The zero-order valence-corrected chi connectivity index (χ0v) is 9.91. The summed E-state index contributed by atoms with van der Waals surface area (Å²) in [7, 11) is -2.06. The third-order valence-electron chi connectivity index (χ3n) is 1.96. The van der Waals surface area contributed by atoms with Gasteiger partial charge in [-0.1, -0.05) is 25.1 Å². The van der Waals surface area contributed by atoms with Crippen molar-refractivity contribution in [3.8, 4) is 0 Å².